The van der Waals surface area contributed by atoms with Gasteiger partial charge in [0.05, 0.1) is 6.61 Å². The minimum absolute atomic E-state index is 0.0707. The lowest BCUT2D eigenvalue weighted by Crippen LogP contribution is -2.31. The molecule has 1 heterocycles. The van der Waals surface area contributed by atoms with Gasteiger partial charge in [0.2, 0.25) is 0 Å². The molecular formula is C12H17NO3. The van der Waals surface area contributed by atoms with Crippen LogP contribution in [0.1, 0.15) is 18.4 Å². The third-order valence-corrected chi connectivity index (χ3v) is 3.15. The third-order valence-electron chi connectivity index (χ3n) is 3.15. The van der Waals surface area contributed by atoms with Crippen LogP contribution in [0.15, 0.2) is 18.2 Å². The van der Waals surface area contributed by atoms with Gasteiger partial charge in [0.15, 0.2) is 0 Å². The fourth-order valence-electron chi connectivity index (χ4n) is 2.21. The first-order valence-corrected chi connectivity index (χ1v) is 5.56. The Balaban J connectivity index is 2.08. The van der Waals surface area contributed by atoms with Crippen molar-refractivity contribution in [2.75, 3.05) is 13.2 Å². The van der Waals surface area contributed by atoms with E-state index >= 15 is 0 Å². The zero-order valence-corrected chi connectivity index (χ0v) is 9.13. The molecule has 0 aliphatic carbocycles. The van der Waals surface area contributed by atoms with E-state index in [-0.39, 0.29) is 24.1 Å². The van der Waals surface area contributed by atoms with Crippen molar-refractivity contribution in [2.45, 2.75) is 25.4 Å². The summed E-state index contributed by atoms with van der Waals surface area (Å²) < 4.78 is 0. The van der Waals surface area contributed by atoms with Crippen LogP contribution in [0.25, 0.3) is 0 Å². The van der Waals surface area contributed by atoms with Gasteiger partial charge in [-0.2, -0.15) is 0 Å². The molecule has 0 amide bonds. The minimum atomic E-state index is 0.0707. The Labute approximate surface area is 94.8 Å². The lowest BCUT2D eigenvalue weighted by molar-refractivity contribution is 0.152. The number of aliphatic hydroxyl groups excluding tert-OH is 1. The van der Waals surface area contributed by atoms with Crippen molar-refractivity contribution in [1.29, 1.82) is 0 Å². The fraction of sp³-hybridized carbons (Fsp3) is 0.500. The highest BCUT2D eigenvalue weighted by Crippen LogP contribution is 2.26. The summed E-state index contributed by atoms with van der Waals surface area (Å²) in [6, 6.07) is 4.84. The average Bonchev–Trinajstić information content (AvgIpc) is 2.69. The Kier molecular flexibility index (Phi) is 3.31. The quantitative estimate of drug-likeness (QED) is 0.717. The lowest BCUT2D eigenvalue weighted by Gasteiger charge is -2.22. The Hall–Kier alpha value is -1.26. The zero-order chi connectivity index (χ0) is 11.5. The second-order valence-corrected chi connectivity index (χ2v) is 4.26. The smallest absolute Gasteiger partial charge is 0.123 e. The predicted molar refractivity (Wildman–Crippen MR) is 60.3 cm³/mol. The topological polar surface area (TPSA) is 63.9 Å². The van der Waals surface area contributed by atoms with Crippen LogP contribution in [0.5, 0.6) is 11.5 Å². The van der Waals surface area contributed by atoms with Gasteiger partial charge in [-0.3, -0.25) is 4.90 Å². The molecule has 1 unspecified atom stereocenters. The highest BCUT2D eigenvalue weighted by atomic mass is 16.3. The van der Waals surface area contributed by atoms with E-state index in [4.69, 9.17) is 0 Å². The van der Waals surface area contributed by atoms with Gasteiger partial charge in [-0.05, 0) is 25.5 Å². The monoisotopic (exact) mass is 223 g/mol. The molecule has 3 N–H and O–H groups in total. The largest absolute Gasteiger partial charge is 0.508 e. The number of nitrogens with zero attached hydrogens (tertiary/aromatic N) is 1. The number of hydrogen-bond donors (Lipinski definition) is 3. The predicted octanol–water partition coefficient (Wildman–Crippen LogP) is 1.05. The summed E-state index contributed by atoms with van der Waals surface area (Å²) in [5, 5.41) is 28.0. The maximum Gasteiger partial charge on any atom is 0.123 e. The molecule has 0 spiro atoms. The van der Waals surface area contributed by atoms with Gasteiger partial charge < -0.3 is 15.3 Å². The molecule has 0 aromatic heterocycles. The van der Waals surface area contributed by atoms with Crippen LogP contribution >= 0.6 is 0 Å². The van der Waals surface area contributed by atoms with E-state index in [2.05, 4.69) is 4.90 Å². The van der Waals surface area contributed by atoms with Gasteiger partial charge in [0.1, 0.15) is 11.5 Å². The molecule has 0 radical (unpaired) electrons. The molecule has 1 aliphatic rings. The first-order valence-electron chi connectivity index (χ1n) is 5.56. The first kappa shape index (κ1) is 11.2. The van der Waals surface area contributed by atoms with Crippen LogP contribution in [0.4, 0.5) is 0 Å². The maximum atomic E-state index is 9.66. The molecule has 16 heavy (non-hydrogen) atoms. The van der Waals surface area contributed by atoms with Crippen molar-refractivity contribution in [3.63, 3.8) is 0 Å². The molecule has 1 aromatic carbocycles. The van der Waals surface area contributed by atoms with E-state index in [1.165, 1.54) is 6.07 Å². The fourth-order valence-corrected chi connectivity index (χ4v) is 2.21. The molecule has 0 saturated carbocycles. The summed E-state index contributed by atoms with van der Waals surface area (Å²) in [6.07, 6.45) is 2.10. The number of benzene rings is 1. The SMILES string of the molecule is OCC1CCCN1Cc1ccc(O)cc1O. The minimum Gasteiger partial charge on any atom is -0.508 e. The van der Waals surface area contributed by atoms with Crippen LogP contribution in [0, 0.1) is 0 Å². The van der Waals surface area contributed by atoms with E-state index in [1.807, 2.05) is 0 Å². The molecule has 4 heteroatoms. The van der Waals surface area contributed by atoms with Crippen LogP contribution in [-0.4, -0.2) is 39.4 Å². The van der Waals surface area contributed by atoms with Crippen molar-refractivity contribution >= 4 is 0 Å². The first-order chi connectivity index (χ1) is 7.70. The summed E-state index contributed by atoms with van der Waals surface area (Å²) in [7, 11) is 0. The molecule has 0 bridgehead atoms. The Bertz CT molecular complexity index is 367. The van der Waals surface area contributed by atoms with E-state index in [1.54, 1.807) is 12.1 Å². The summed E-state index contributed by atoms with van der Waals surface area (Å²) in [5.74, 6) is 0.185. The van der Waals surface area contributed by atoms with Crippen LogP contribution in [0.3, 0.4) is 0 Å². The third kappa shape index (κ3) is 2.28. The normalized spacial score (nSPS) is 21.4. The number of hydrogen-bond acceptors (Lipinski definition) is 4. The maximum absolute atomic E-state index is 9.66. The number of phenolic OH excluding ortho intramolecular Hbond substituents is 2. The summed E-state index contributed by atoms with van der Waals surface area (Å²) in [4.78, 5) is 2.16. The molecule has 1 aromatic rings. The molecular weight excluding hydrogens is 206 g/mol. The highest BCUT2D eigenvalue weighted by Gasteiger charge is 2.24. The van der Waals surface area contributed by atoms with Gasteiger partial charge in [-0.15, -0.1) is 0 Å². The second-order valence-electron chi connectivity index (χ2n) is 4.26. The number of aliphatic hydroxyl groups is 1. The standard InChI is InChI=1S/C12H17NO3/c14-8-10-2-1-5-13(10)7-9-3-4-11(15)6-12(9)16/h3-4,6,10,14-16H,1-2,5,7-8H2. The molecule has 1 saturated heterocycles. The molecule has 2 rings (SSSR count). The van der Waals surface area contributed by atoms with Crippen molar-refractivity contribution in [3.8, 4) is 11.5 Å². The number of rotatable bonds is 3. The highest BCUT2D eigenvalue weighted by molar-refractivity contribution is 5.38. The van der Waals surface area contributed by atoms with E-state index in [0.29, 0.717) is 6.54 Å². The Morgan fingerprint density at radius 3 is 2.81 bits per heavy atom. The zero-order valence-electron chi connectivity index (χ0n) is 9.13. The second kappa shape index (κ2) is 4.72. The molecule has 1 atom stereocenters. The lowest BCUT2D eigenvalue weighted by atomic mass is 10.1. The summed E-state index contributed by atoms with van der Waals surface area (Å²) in [6.45, 7) is 1.74. The molecule has 4 nitrogen and oxygen atoms in total. The average molecular weight is 223 g/mol. The van der Waals surface area contributed by atoms with Crippen molar-refractivity contribution in [2.24, 2.45) is 0 Å². The molecule has 1 aliphatic heterocycles. The number of likely N-dealkylation sites (tertiary alicyclic amines) is 1. The molecule has 88 valence electrons. The van der Waals surface area contributed by atoms with Crippen LogP contribution in [0.2, 0.25) is 0 Å². The van der Waals surface area contributed by atoms with Crippen LogP contribution in [-0.2, 0) is 6.54 Å². The van der Waals surface area contributed by atoms with Crippen molar-refractivity contribution in [3.05, 3.63) is 23.8 Å². The van der Waals surface area contributed by atoms with Gasteiger partial charge in [-0.25, -0.2) is 0 Å². The van der Waals surface area contributed by atoms with Gasteiger partial charge in [-0.1, -0.05) is 6.07 Å². The molecule has 1 fully saturated rings. The van der Waals surface area contributed by atoms with Crippen LogP contribution < -0.4 is 0 Å². The Morgan fingerprint density at radius 2 is 2.12 bits per heavy atom. The van der Waals surface area contributed by atoms with Gasteiger partial charge in [0.25, 0.3) is 0 Å². The van der Waals surface area contributed by atoms with Crippen molar-refractivity contribution in [1.82, 2.24) is 4.90 Å². The van der Waals surface area contributed by atoms with Gasteiger partial charge >= 0.3 is 0 Å². The number of phenols is 2. The summed E-state index contributed by atoms with van der Waals surface area (Å²) in [5.41, 5.74) is 0.790. The number of aromatic hydroxyl groups is 2. The van der Waals surface area contributed by atoms with Crippen molar-refractivity contribution < 1.29 is 15.3 Å². The summed E-state index contributed by atoms with van der Waals surface area (Å²) >= 11 is 0. The van der Waals surface area contributed by atoms with E-state index in [9.17, 15) is 15.3 Å². The Morgan fingerprint density at radius 1 is 1.31 bits per heavy atom. The van der Waals surface area contributed by atoms with Gasteiger partial charge in [0, 0.05) is 24.2 Å². The van der Waals surface area contributed by atoms with E-state index in [0.717, 1.165) is 24.9 Å². The van der Waals surface area contributed by atoms with E-state index < -0.39 is 0 Å².